The minimum atomic E-state index is -0.104. The van der Waals surface area contributed by atoms with E-state index in [1.165, 1.54) is 6.08 Å². The predicted molar refractivity (Wildman–Crippen MR) is 77.3 cm³/mol. The normalized spacial score (nSPS) is 14.9. The lowest BCUT2D eigenvalue weighted by Crippen LogP contribution is -2.34. The third kappa shape index (κ3) is 3.72. The summed E-state index contributed by atoms with van der Waals surface area (Å²) >= 11 is 12.0. The van der Waals surface area contributed by atoms with Crippen molar-refractivity contribution in [2.75, 3.05) is 13.2 Å². The summed E-state index contributed by atoms with van der Waals surface area (Å²) in [6.45, 7) is 0.352. The summed E-state index contributed by atoms with van der Waals surface area (Å²) in [5.74, 6) is -0.104. The Balaban J connectivity index is 2.08. The van der Waals surface area contributed by atoms with Gasteiger partial charge in [-0.2, -0.15) is 0 Å². The number of carbonyl (C=O) groups excluding carboxylic acids is 1. The Kier molecular flexibility index (Phi) is 4.86. The second-order valence-electron chi connectivity index (χ2n) is 4.46. The first-order chi connectivity index (χ1) is 9.13. The smallest absolute Gasteiger partial charge is 0.246 e. The molecule has 3 nitrogen and oxygen atoms in total. The van der Waals surface area contributed by atoms with Crippen LogP contribution < -0.4 is 0 Å². The van der Waals surface area contributed by atoms with Crippen LogP contribution in [0.1, 0.15) is 18.4 Å². The van der Waals surface area contributed by atoms with Crippen molar-refractivity contribution in [3.63, 3.8) is 0 Å². The zero-order chi connectivity index (χ0) is 13.8. The molecule has 0 unspecified atom stereocenters. The molecule has 0 heterocycles. The van der Waals surface area contributed by atoms with Crippen molar-refractivity contribution in [2.24, 2.45) is 0 Å². The zero-order valence-electron chi connectivity index (χ0n) is 10.4. The lowest BCUT2D eigenvalue weighted by atomic mass is 10.2. The summed E-state index contributed by atoms with van der Waals surface area (Å²) in [6.07, 6.45) is 5.16. The maximum atomic E-state index is 12.0. The van der Waals surface area contributed by atoms with Gasteiger partial charge in [0.15, 0.2) is 0 Å². The van der Waals surface area contributed by atoms with Crippen LogP contribution in [0.4, 0.5) is 0 Å². The number of hydrogen-bond acceptors (Lipinski definition) is 2. The number of amides is 1. The van der Waals surface area contributed by atoms with E-state index >= 15 is 0 Å². The van der Waals surface area contributed by atoms with E-state index in [4.69, 9.17) is 28.3 Å². The van der Waals surface area contributed by atoms with Crippen molar-refractivity contribution >= 4 is 35.2 Å². The Hall–Kier alpha value is -1.03. The van der Waals surface area contributed by atoms with Gasteiger partial charge in [-0.3, -0.25) is 4.79 Å². The van der Waals surface area contributed by atoms with Crippen LogP contribution in [0.5, 0.6) is 0 Å². The van der Waals surface area contributed by atoms with Gasteiger partial charge in [0.05, 0.1) is 16.7 Å². The van der Waals surface area contributed by atoms with Crippen LogP contribution in [-0.2, 0) is 4.79 Å². The third-order valence-electron chi connectivity index (χ3n) is 3.00. The number of carbonyl (C=O) groups is 1. The van der Waals surface area contributed by atoms with Crippen molar-refractivity contribution in [3.05, 3.63) is 39.9 Å². The van der Waals surface area contributed by atoms with Crippen molar-refractivity contribution in [3.8, 4) is 0 Å². The highest BCUT2D eigenvalue weighted by Crippen LogP contribution is 2.28. The first-order valence-electron chi connectivity index (χ1n) is 6.17. The van der Waals surface area contributed by atoms with Gasteiger partial charge < -0.3 is 10.0 Å². The Bertz CT molecular complexity index is 498. The summed E-state index contributed by atoms with van der Waals surface area (Å²) in [4.78, 5) is 13.7. The average molecular weight is 300 g/mol. The van der Waals surface area contributed by atoms with E-state index in [9.17, 15) is 4.79 Å². The van der Waals surface area contributed by atoms with Crippen LogP contribution >= 0.6 is 23.2 Å². The molecule has 0 radical (unpaired) electrons. The summed E-state index contributed by atoms with van der Waals surface area (Å²) in [5, 5.41) is 9.87. The van der Waals surface area contributed by atoms with E-state index in [1.54, 1.807) is 29.2 Å². The van der Waals surface area contributed by atoms with Crippen molar-refractivity contribution in [1.82, 2.24) is 4.90 Å². The number of aliphatic hydroxyl groups is 1. The molecule has 0 bridgehead atoms. The van der Waals surface area contributed by atoms with Gasteiger partial charge in [-0.25, -0.2) is 0 Å². The molecule has 0 atom stereocenters. The highest BCUT2D eigenvalue weighted by molar-refractivity contribution is 6.42. The Labute approximate surface area is 122 Å². The summed E-state index contributed by atoms with van der Waals surface area (Å²) in [5.41, 5.74) is 0.710. The maximum absolute atomic E-state index is 12.0. The molecular formula is C14H15Cl2NO2. The Morgan fingerprint density at radius 3 is 2.79 bits per heavy atom. The molecule has 1 amide bonds. The molecule has 1 aromatic rings. The minimum Gasteiger partial charge on any atom is -0.395 e. The number of benzene rings is 1. The Morgan fingerprint density at radius 2 is 2.16 bits per heavy atom. The second-order valence-corrected chi connectivity index (χ2v) is 5.25. The first-order valence-corrected chi connectivity index (χ1v) is 6.92. The number of rotatable bonds is 5. The molecule has 1 aliphatic rings. The third-order valence-corrected chi connectivity index (χ3v) is 3.83. The molecule has 102 valence electrons. The van der Waals surface area contributed by atoms with E-state index < -0.39 is 0 Å². The molecule has 0 aromatic heterocycles. The fraction of sp³-hybridized carbons (Fsp3) is 0.357. The van der Waals surface area contributed by atoms with Gasteiger partial charge in [0, 0.05) is 18.7 Å². The number of nitrogens with zero attached hydrogens (tertiary/aromatic N) is 1. The standard InChI is InChI=1S/C14H15Cl2NO2/c15-12-3-1-2-10(14(12)16)4-7-13(19)17(8-9-18)11-5-6-11/h1-4,7,11,18H,5-6,8-9H2/b7-4+. The topological polar surface area (TPSA) is 40.5 Å². The van der Waals surface area contributed by atoms with Crippen LogP contribution in [0, 0.1) is 0 Å². The van der Waals surface area contributed by atoms with Crippen molar-refractivity contribution in [1.29, 1.82) is 0 Å². The van der Waals surface area contributed by atoms with Gasteiger partial charge >= 0.3 is 0 Å². The van der Waals surface area contributed by atoms with Crippen LogP contribution in [0.25, 0.3) is 6.08 Å². The van der Waals surface area contributed by atoms with Crippen LogP contribution in [-0.4, -0.2) is 35.1 Å². The molecule has 0 spiro atoms. The van der Waals surface area contributed by atoms with Crippen molar-refractivity contribution in [2.45, 2.75) is 18.9 Å². The quantitative estimate of drug-likeness (QED) is 0.849. The number of aliphatic hydroxyl groups excluding tert-OH is 1. The lowest BCUT2D eigenvalue weighted by Gasteiger charge is -2.19. The molecule has 19 heavy (non-hydrogen) atoms. The highest BCUT2D eigenvalue weighted by Gasteiger charge is 2.30. The van der Waals surface area contributed by atoms with E-state index in [2.05, 4.69) is 0 Å². The summed E-state index contributed by atoms with van der Waals surface area (Å²) < 4.78 is 0. The lowest BCUT2D eigenvalue weighted by molar-refractivity contribution is -0.127. The van der Waals surface area contributed by atoms with E-state index in [0.29, 0.717) is 22.2 Å². The fourth-order valence-electron chi connectivity index (χ4n) is 1.87. The van der Waals surface area contributed by atoms with E-state index in [-0.39, 0.29) is 18.6 Å². The SMILES string of the molecule is O=C(/C=C/c1cccc(Cl)c1Cl)N(CCO)C1CC1. The average Bonchev–Trinajstić information content (AvgIpc) is 3.21. The zero-order valence-corrected chi connectivity index (χ0v) is 11.9. The van der Waals surface area contributed by atoms with Crippen LogP contribution in [0.15, 0.2) is 24.3 Å². The highest BCUT2D eigenvalue weighted by atomic mass is 35.5. The molecule has 0 saturated heterocycles. The van der Waals surface area contributed by atoms with Gasteiger partial charge in [-0.1, -0.05) is 35.3 Å². The van der Waals surface area contributed by atoms with Gasteiger partial charge in [-0.15, -0.1) is 0 Å². The van der Waals surface area contributed by atoms with Crippen molar-refractivity contribution < 1.29 is 9.90 Å². The molecule has 1 aromatic carbocycles. The second kappa shape index (κ2) is 6.42. The summed E-state index contributed by atoms with van der Waals surface area (Å²) in [7, 11) is 0. The number of hydrogen-bond donors (Lipinski definition) is 1. The first kappa shape index (κ1) is 14.4. The number of halogens is 2. The molecule has 5 heteroatoms. The van der Waals surface area contributed by atoms with E-state index in [1.807, 2.05) is 0 Å². The van der Waals surface area contributed by atoms with Gasteiger partial charge in [0.25, 0.3) is 0 Å². The molecular weight excluding hydrogens is 285 g/mol. The molecule has 2 rings (SSSR count). The minimum absolute atomic E-state index is 0.0198. The summed E-state index contributed by atoms with van der Waals surface area (Å²) in [6, 6.07) is 5.56. The van der Waals surface area contributed by atoms with Gasteiger partial charge in [0.2, 0.25) is 5.91 Å². The predicted octanol–water partition coefficient (Wildman–Crippen LogP) is 2.99. The van der Waals surface area contributed by atoms with E-state index in [0.717, 1.165) is 12.8 Å². The monoisotopic (exact) mass is 299 g/mol. The fourth-order valence-corrected chi connectivity index (χ4v) is 2.24. The van der Waals surface area contributed by atoms with Gasteiger partial charge in [0.1, 0.15) is 0 Å². The van der Waals surface area contributed by atoms with Crippen LogP contribution in [0.3, 0.4) is 0 Å². The van der Waals surface area contributed by atoms with Crippen LogP contribution in [0.2, 0.25) is 10.0 Å². The maximum Gasteiger partial charge on any atom is 0.246 e. The molecule has 1 aliphatic carbocycles. The van der Waals surface area contributed by atoms with Gasteiger partial charge in [-0.05, 0) is 30.5 Å². The molecule has 1 fully saturated rings. The Morgan fingerprint density at radius 1 is 1.42 bits per heavy atom. The molecule has 1 N–H and O–H groups in total. The molecule has 1 saturated carbocycles. The largest absolute Gasteiger partial charge is 0.395 e. The molecule has 0 aliphatic heterocycles.